The molecule has 8 nitrogen and oxygen atoms in total. The number of nitrogens with one attached hydrogen (secondary N) is 1. The van der Waals surface area contributed by atoms with Crippen molar-refractivity contribution in [2.45, 2.75) is 17.9 Å². The van der Waals surface area contributed by atoms with Crippen LogP contribution in [0.4, 0.5) is 11.4 Å². The van der Waals surface area contributed by atoms with Crippen LogP contribution in [0, 0.1) is 10.1 Å². The van der Waals surface area contributed by atoms with Crippen LogP contribution in [-0.4, -0.2) is 30.7 Å². The van der Waals surface area contributed by atoms with Gasteiger partial charge in [-0.15, -0.1) is 11.3 Å². The summed E-state index contributed by atoms with van der Waals surface area (Å²) in [6.45, 7) is 0.987. The lowest BCUT2D eigenvalue weighted by Gasteiger charge is -2.29. The van der Waals surface area contributed by atoms with Crippen LogP contribution in [0.15, 0.2) is 64.9 Å². The Balaban J connectivity index is 1.56. The van der Waals surface area contributed by atoms with Crippen LogP contribution >= 0.6 is 11.3 Å². The SMILES string of the molecule is O=C(c1cccs1)N1CCc2ccc(NS(=O)(=O)c3cccc([N+](=O)[O-])c3)cc2C1. The minimum absolute atomic E-state index is 0.0433. The Hall–Kier alpha value is -3.24. The zero-order valence-electron chi connectivity index (χ0n) is 15.6. The van der Waals surface area contributed by atoms with Gasteiger partial charge in [-0.05, 0) is 47.2 Å². The van der Waals surface area contributed by atoms with Gasteiger partial charge in [-0.2, -0.15) is 0 Å². The van der Waals surface area contributed by atoms with Crippen LogP contribution in [0.1, 0.15) is 20.8 Å². The molecule has 1 aliphatic rings. The first kappa shape index (κ1) is 20.0. The Bertz CT molecular complexity index is 1220. The van der Waals surface area contributed by atoms with E-state index in [1.54, 1.807) is 23.1 Å². The van der Waals surface area contributed by atoms with E-state index in [0.29, 0.717) is 30.1 Å². The molecule has 30 heavy (non-hydrogen) atoms. The Morgan fingerprint density at radius 3 is 2.67 bits per heavy atom. The molecule has 2 aromatic carbocycles. The van der Waals surface area contributed by atoms with Crippen molar-refractivity contribution in [1.29, 1.82) is 0 Å². The van der Waals surface area contributed by atoms with E-state index in [0.717, 1.165) is 17.2 Å². The molecule has 0 atom stereocenters. The maximum Gasteiger partial charge on any atom is 0.270 e. The van der Waals surface area contributed by atoms with Crippen molar-refractivity contribution in [3.05, 3.63) is 86.1 Å². The van der Waals surface area contributed by atoms with Crippen molar-refractivity contribution in [3.63, 3.8) is 0 Å². The minimum Gasteiger partial charge on any atom is -0.333 e. The molecular formula is C20H17N3O5S2. The van der Waals surface area contributed by atoms with Crippen LogP contribution in [0.5, 0.6) is 0 Å². The van der Waals surface area contributed by atoms with Crippen molar-refractivity contribution in [3.8, 4) is 0 Å². The van der Waals surface area contributed by atoms with Gasteiger partial charge in [-0.25, -0.2) is 8.42 Å². The van der Waals surface area contributed by atoms with Crippen LogP contribution in [0.2, 0.25) is 0 Å². The summed E-state index contributed by atoms with van der Waals surface area (Å²) in [5.41, 5.74) is 1.96. The summed E-state index contributed by atoms with van der Waals surface area (Å²) < 4.78 is 27.8. The van der Waals surface area contributed by atoms with E-state index in [1.807, 2.05) is 17.5 Å². The number of nitrogens with zero attached hydrogens (tertiary/aromatic N) is 2. The number of benzene rings is 2. The van der Waals surface area contributed by atoms with E-state index in [2.05, 4.69) is 4.72 Å². The van der Waals surface area contributed by atoms with Gasteiger partial charge in [0.2, 0.25) is 0 Å². The molecule has 0 radical (unpaired) electrons. The highest BCUT2D eigenvalue weighted by molar-refractivity contribution is 7.92. The zero-order chi connectivity index (χ0) is 21.3. The van der Waals surface area contributed by atoms with Crippen LogP contribution in [0.25, 0.3) is 0 Å². The summed E-state index contributed by atoms with van der Waals surface area (Å²) in [6.07, 6.45) is 0.685. The Kier molecular flexibility index (Phi) is 5.27. The topological polar surface area (TPSA) is 110 Å². The molecule has 4 rings (SSSR count). The lowest BCUT2D eigenvalue weighted by atomic mass is 9.99. The van der Waals surface area contributed by atoms with Crippen LogP contribution < -0.4 is 4.72 Å². The predicted octanol–water partition coefficient (Wildman–Crippen LogP) is 3.66. The first-order valence-electron chi connectivity index (χ1n) is 9.05. The van der Waals surface area contributed by atoms with Gasteiger partial charge in [0.1, 0.15) is 0 Å². The summed E-state index contributed by atoms with van der Waals surface area (Å²) >= 11 is 1.39. The Labute approximate surface area is 177 Å². The lowest BCUT2D eigenvalue weighted by molar-refractivity contribution is -0.385. The van der Waals surface area contributed by atoms with Crippen molar-refractivity contribution >= 4 is 38.6 Å². The highest BCUT2D eigenvalue weighted by atomic mass is 32.2. The number of hydrogen-bond donors (Lipinski definition) is 1. The van der Waals surface area contributed by atoms with E-state index in [9.17, 15) is 23.3 Å². The number of thiophene rings is 1. The number of fused-ring (bicyclic) bond motifs is 1. The first-order chi connectivity index (χ1) is 14.3. The van der Waals surface area contributed by atoms with Gasteiger partial charge in [0, 0.05) is 30.9 Å². The second kappa shape index (κ2) is 7.88. The van der Waals surface area contributed by atoms with Crippen LogP contribution in [0.3, 0.4) is 0 Å². The minimum atomic E-state index is -3.99. The Morgan fingerprint density at radius 1 is 1.10 bits per heavy atom. The highest BCUT2D eigenvalue weighted by Crippen LogP contribution is 2.26. The van der Waals surface area contributed by atoms with Gasteiger partial charge in [-0.3, -0.25) is 19.6 Å². The molecule has 0 fully saturated rings. The lowest BCUT2D eigenvalue weighted by Crippen LogP contribution is -2.35. The molecule has 3 aromatic rings. The molecule has 0 saturated carbocycles. The van der Waals surface area contributed by atoms with E-state index in [4.69, 9.17) is 0 Å². The number of carbonyl (C=O) groups is 1. The van der Waals surface area contributed by atoms with Crippen molar-refractivity contribution in [2.24, 2.45) is 0 Å². The fourth-order valence-electron chi connectivity index (χ4n) is 3.33. The third-order valence-corrected chi connectivity index (χ3v) is 7.07. The molecule has 0 spiro atoms. The number of non-ortho nitro benzene ring substituents is 1. The molecule has 0 bridgehead atoms. The molecular weight excluding hydrogens is 426 g/mol. The van der Waals surface area contributed by atoms with Gasteiger partial charge >= 0.3 is 0 Å². The van der Waals surface area contributed by atoms with E-state index in [-0.39, 0.29) is 16.5 Å². The number of amides is 1. The number of rotatable bonds is 5. The molecule has 1 aliphatic heterocycles. The summed E-state index contributed by atoms with van der Waals surface area (Å²) in [7, 11) is -3.99. The molecule has 0 saturated heterocycles. The maximum absolute atomic E-state index is 12.7. The average molecular weight is 444 g/mol. The number of nitro groups is 1. The number of anilines is 1. The largest absolute Gasteiger partial charge is 0.333 e. The number of carbonyl (C=O) groups excluding carboxylic acids is 1. The number of sulfonamides is 1. The smallest absolute Gasteiger partial charge is 0.270 e. The van der Waals surface area contributed by atoms with Gasteiger partial charge in [-0.1, -0.05) is 18.2 Å². The third kappa shape index (κ3) is 4.05. The second-order valence-corrected chi connectivity index (χ2v) is 9.43. The molecule has 1 aromatic heterocycles. The first-order valence-corrected chi connectivity index (χ1v) is 11.4. The van der Waals surface area contributed by atoms with Gasteiger partial charge in [0.15, 0.2) is 0 Å². The van der Waals surface area contributed by atoms with Gasteiger partial charge in [0.25, 0.3) is 21.6 Å². The number of hydrogen-bond acceptors (Lipinski definition) is 6. The number of nitro benzene ring substituents is 1. The normalized spacial score (nSPS) is 13.5. The van der Waals surface area contributed by atoms with Crippen molar-refractivity contribution in [2.75, 3.05) is 11.3 Å². The summed E-state index contributed by atoms with van der Waals surface area (Å²) in [5.74, 6) is -0.0433. The van der Waals surface area contributed by atoms with Gasteiger partial charge in [0.05, 0.1) is 14.7 Å². The van der Waals surface area contributed by atoms with Crippen molar-refractivity contribution in [1.82, 2.24) is 4.90 Å². The fourth-order valence-corrected chi connectivity index (χ4v) is 5.11. The standard InChI is InChI=1S/C20H17N3O5S2/c24-20(19-5-2-10-29-19)22-9-8-14-6-7-16(11-15(14)13-22)21-30(27,28)18-4-1-3-17(12-18)23(25)26/h1-7,10-12,21H,8-9,13H2. The fraction of sp³-hybridized carbons (Fsp3) is 0.150. The summed E-state index contributed by atoms with van der Waals surface area (Å²) in [6, 6.07) is 13.7. The molecule has 0 aliphatic carbocycles. The second-order valence-electron chi connectivity index (χ2n) is 6.80. The van der Waals surface area contributed by atoms with E-state index in [1.165, 1.54) is 29.5 Å². The van der Waals surface area contributed by atoms with Gasteiger partial charge < -0.3 is 4.90 Å². The molecule has 0 unspecified atom stereocenters. The van der Waals surface area contributed by atoms with Crippen LogP contribution in [-0.2, 0) is 23.0 Å². The van der Waals surface area contributed by atoms with E-state index >= 15 is 0 Å². The van der Waals surface area contributed by atoms with Crippen molar-refractivity contribution < 1.29 is 18.1 Å². The Morgan fingerprint density at radius 2 is 1.93 bits per heavy atom. The monoisotopic (exact) mass is 443 g/mol. The predicted molar refractivity (Wildman–Crippen MR) is 113 cm³/mol. The quantitative estimate of drug-likeness (QED) is 0.478. The zero-order valence-corrected chi connectivity index (χ0v) is 17.3. The van der Waals surface area contributed by atoms with E-state index < -0.39 is 14.9 Å². The average Bonchev–Trinajstić information content (AvgIpc) is 3.27. The summed E-state index contributed by atoms with van der Waals surface area (Å²) in [4.78, 5) is 25.1. The highest BCUT2D eigenvalue weighted by Gasteiger charge is 2.24. The molecule has 1 N–H and O–H groups in total. The third-order valence-electron chi connectivity index (χ3n) is 4.83. The maximum atomic E-state index is 12.7. The summed E-state index contributed by atoms with van der Waals surface area (Å²) in [5, 5.41) is 12.8. The molecule has 10 heteroatoms. The molecule has 1 amide bonds. The molecule has 2 heterocycles. The molecule has 154 valence electrons.